The highest BCUT2D eigenvalue weighted by Gasteiger charge is 2.21. The van der Waals surface area contributed by atoms with Gasteiger partial charge >= 0.3 is 0 Å². The molecule has 0 spiro atoms. The van der Waals surface area contributed by atoms with Crippen molar-refractivity contribution in [3.05, 3.63) is 58.9 Å². The Hall–Kier alpha value is -1.53. The van der Waals surface area contributed by atoms with E-state index in [4.69, 9.17) is 4.74 Å². The third-order valence-corrected chi connectivity index (χ3v) is 5.06. The number of β-amino-alcohol motifs (C(OH)–C–C–N with tert-alkyl or cyclic N) is 1. The standard InChI is InChI=1S/C22H29FN2O2.2ClH/c1-16-12-17(2)22(18(3)13-16)27-15-19(26)14-24-8-10-25(11-9-24)21-7-5-4-6-20(21)23;;/h4-7,12-13,19,26H,8-11,14-15H2,1-3H3;2*1H. The number of hydrogen-bond acceptors (Lipinski definition) is 4. The van der Waals surface area contributed by atoms with Gasteiger partial charge in [0.1, 0.15) is 24.3 Å². The van der Waals surface area contributed by atoms with Crippen molar-refractivity contribution in [2.75, 3.05) is 44.2 Å². The van der Waals surface area contributed by atoms with Crippen molar-refractivity contribution >= 4 is 30.5 Å². The van der Waals surface area contributed by atoms with Crippen LogP contribution in [0.1, 0.15) is 16.7 Å². The van der Waals surface area contributed by atoms with E-state index in [0.29, 0.717) is 12.2 Å². The molecule has 3 rings (SSSR count). The van der Waals surface area contributed by atoms with Gasteiger partial charge in [-0.2, -0.15) is 0 Å². The quantitative estimate of drug-likeness (QED) is 0.725. The third-order valence-electron chi connectivity index (χ3n) is 5.06. The SMILES string of the molecule is Cc1cc(C)c(OCC(O)CN2CCN(c3ccccc3F)CC2)c(C)c1.Cl.Cl. The fourth-order valence-corrected chi connectivity index (χ4v) is 3.80. The summed E-state index contributed by atoms with van der Waals surface area (Å²) in [6, 6.07) is 11.1. The zero-order valence-corrected chi connectivity index (χ0v) is 18.9. The first-order chi connectivity index (χ1) is 12.9. The van der Waals surface area contributed by atoms with Gasteiger partial charge in [-0.3, -0.25) is 4.90 Å². The highest BCUT2D eigenvalue weighted by atomic mass is 35.5. The fourth-order valence-electron chi connectivity index (χ4n) is 3.80. The number of halogens is 3. The molecule has 29 heavy (non-hydrogen) atoms. The Balaban J connectivity index is 0.00000210. The number of para-hydroxylation sites is 1. The topological polar surface area (TPSA) is 35.9 Å². The van der Waals surface area contributed by atoms with Crippen LogP contribution in [0.15, 0.2) is 36.4 Å². The van der Waals surface area contributed by atoms with Gasteiger partial charge in [0.2, 0.25) is 0 Å². The molecule has 0 bridgehead atoms. The summed E-state index contributed by atoms with van der Waals surface area (Å²) >= 11 is 0. The zero-order chi connectivity index (χ0) is 19.4. The molecule has 162 valence electrons. The van der Waals surface area contributed by atoms with E-state index in [1.54, 1.807) is 6.07 Å². The maximum atomic E-state index is 13.9. The first-order valence-corrected chi connectivity index (χ1v) is 9.54. The van der Waals surface area contributed by atoms with Crippen molar-refractivity contribution in [3.8, 4) is 5.75 Å². The Bertz CT molecular complexity index is 760. The molecule has 0 aliphatic carbocycles. The molecule has 1 fully saturated rings. The summed E-state index contributed by atoms with van der Waals surface area (Å²) in [5.41, 5.74) is 4.06. The average molecular weight is 445 g/mol. The van der Waals surface area contributed by atoms with Crippen LogP contribution in [0.25, 0.3) is 0 Å². The summed E-state index contributed by atoms with van der Waals surface area (Å²) in [6.07, 6.45) is -0.551. The lowest BCUT2D eigenvalue weighted by atomic mass is 10.1. The van der Waals surface area contributed by atoms with Crippen LogP contribution in [0.4, 0.5) is 10.1 Å². The van der Waals surface area contributed by atoms with Crippen LogP contribution in [-0.2, 0) is 0 Å². The second-order valence-electron chi connectivity index (χ2n) is 7.43. The van der Waals surface area contributed by atoms with Crippen molar-refractivity contribution < 1.29 is 14.2 Å². The van der Waals surface area contributed by atoms with Gasteiger partial charge < -0.3 is 14.7 Å². The molecule has 1 heterocycles. The van der Waals surface area contributed by atoms with Gasteiger partial charge in [0.15, 0.2) is 0 Å². The highest BCUT2D eigenvalue weighted by molar-refractivity contribution is 5.85. The maximum Gasteiger partial charge on any atom is 0.146 e. The van der Waals surface area contributed by atoms with Crippen LogP contribution in [0.2, 0.25) is 0 Å². The molecule has 4 nitrogen and oxygen atoms in total. The molecule has 0 amide bonds. The summed E-state index contributed by atoms with van der Waals surface area (Å²) in [5.74, 6) is 0.687. The predicted molar refractivity (Wildman–Crippen MR) is 122 cm³/mol. The van der Waals surface area contributed by atoms with E-state index < -0.39 is 6.10 Å². The minimum absolute atomic E-state index is 0. The molecule has 0 saturated carbocycles. The molecule has 1 saturated heterocycles. The van der Waals surface area contributed by atoms with E-state index in [9.17, 15) is 9.50 Å². The van der Waals surface area contributed by atoms with E-state index in [1.807, 2.05) is 26.0 Å². The van der Waals surface area contributed by atoms with Crippen molar-refractivity contribution in [2.24, 2.45) is 0 Å². The minimum atomic E-state index is -0.551. The van der Waals surface area contributed by atoms with Crippen LogP contribution >= 0.6 is 24.8 Å². The number of hydrogen-bond donors (Lipinski definition) is 1. The number of benzene rings is 2. The zero-order valence-electron chi connectivity index (χ0n) is 17.2. The molecule has 1 aliphatic rings. The van der Waals surface area contributed by atoms with Gasteiger partial charge in [0, 0.05) is 32.7 Å². The smallest absolute Gasteiger partial charge is 0.146 e. The number of ether oxygens (including phenoxy) is 1. The molecule has 1 N–H and O–H groups in total. The average Bonchev–Trinajstić information content (AvgIpc) is 2.62. The Labute approximate surface area is 185 Å². The lowest BCUT2D eigenvalue weighted by molar-refractivity contribution is 0.0658. The summed E-state index contributed by atoms with van der Waals surface area (Å²) in [7, 11) is 0. The van der Waals surface area contributed by atoms with Crippen LogP contribution in [-0.4, -0.2) is 55.4 Å². The maximum absolute atomic E-state index is 13.9. The van der Waals surface area contributed by atoms with Crippen LogP contribution in [0.5, 0.6) is 5.75 Å². The van der Waals surface area contributed by atoms with Gasteiger partial charge in [0.25, 0.3) is 0 Å². The summed E-state index contributed by atoms with van der Waals surface area (Å²) < 4.78 is 19.8. The summed E-state index contributed by atoms with van der Waals surface area (Å²) in [5, 5.41) is 10.4. The largest absolute Gasteiger partial charge is 0.490 e. The van der Waals surface area contributed by atoms with Crippen LogP contribution < -0.4 is 9.64 Å². The van der Waals surface area contributed by atoms with E-state index >= 15 is 0 Å². The number of anilines is 1. The second kappa shape index (κ2) is 11.6. The number of rotatable bonds is 6. The van der Waals surface area contributed by atoms with E-state index in [2.05, 4.69) is 28.9 Å². The normalized spacial score (nSPS) is 15.3. The molecular weight excluding hydrogens is 414 g/mol. The first kappa shape index (κ1) is 25.5. The number of aliphatic hydroxyl groups excluding tert-OH is 1. The Morgan fingerprint density at radius 2 is 1.59 bits per heavy atom. The van der Waals surface area contributed by atoms with Crippen molar-refractivity contribution in [1.29, 1.82) is 0 Å². The Kier molecular flexibility index (Phi) is 10.2. The number of aliphatic hydroxyl groups is 1. The summed E-state index contributed by atoms with van der Waals surface area (Å²) in [4.78, 5) is 4.27. The van der Waals surface area contributed by atoms with E-state index in [0.717, 1.165) is 43.1 Å². The van der Waals surface area contributed by atoms with Crippen LogP contribution in [0, 0.1) is 26.6 Å². The minimum Gasteiger partial charge on any atom is -0.490 e. The highest BCUT2D eigenvalue weighted by Crippen LogP contribution is 2.25. The molecule has 0 aromatic heterocycles. The van der Waals surface area contributed by atoms with Gasteiger partial charge in [-0.25, -0.2) is 4.39 Å². The molecular formula is C22H31Cl2FN2O2. The van der Waals surface area contributed by atoms with Gasteiger partial charge in [0.05, 0.1) is 5.69 Å². The molecule has 2 aromatic rings. The first-order valence-electron chi connectivity index (χ1n) is 9.54. The predicted octanol–water partition coefficient (Wildman–Crippen LogP) is 4.16. The lowest BCUT2D eigenvalue weighted by Gasteiger charge is -2.37. The molecule has 2 aromatic carbocycles. The molecule has 7 heteroatoms. The second-order valence-corrected chi connectivity index (χ2v) is 7.43. The fraction of sp³-hybridized carbons (Fsp3) is 0.455. The third kappa shape index (κ3) is 6.75. The Morgan fingerprint density at radius 3 is 2.17 bits per heavy atom. The number of piperazine rings is 1. The summed E-state index contributed by atoms with van der Waals surface area (Å²) in [6.45, 7) is 10.1. The van der Waals surface area contributed by atoms with Gasteiger partial charge in [-0.05, 0) is 44.0 Å². The van der Waals surface area contributed by atoms with E-state index in [1.165, 1.54) is 11.6 Å². The molecule has 1 atom stereocenters. The van der Waals surface area contributed by atoms with E-state index in [-0.39, 0.29) is 37.2 Å². The van der Waals surface area contributed by atoms with Crippen LogP contribution in [0.3, 0.4) is 0 Å². The molecule has 0 radical (unpaired) electrons. The van der Waals surface area contributed by atoms with Crippen molar-refractivity contribution in [2.45, 2.75) is 26.9 Å². The van der Waals surface area contributed by atoms with Crippen molar-refractivity contribution in [1.82, 2.24) is 4.90 Å². The molecule has 1 unspecified atom stereocenters. The lowest BCUT2D eigenvalue weighted by Crippen LogP contribution is -2.49. The molecule has 1 aliphatic heterocycles. The Morgan fingerprint density at radius 1 is 1.00 bits per heavy atom. The van der Waals surface area contributed by atoms with Gasteiger partial charge in [-0.1, -0.05) is 29.8 Å². The monoisotopic (exact) mass is 444 g/mol. The number of aryl methyl sites for hydroxylation is 3. The van der Waals surface area contributed by atoms with Crippen molar-refractivity contribution in [3.63, 3.8) is 0 Å². The number of nitrogens with zero attached hydrogens (tertiary/aromatic N) is 2. The van der Waals surface area contributed by atoms with Gasteiger partial charge in [-0.15, -0.1) is 24.8 Å².